The normalized spacial score (nSPS) is 17.2. The first-order valence-electron chi connectivity index (χ1n) is 10.7. The summed E-state index contributed by atoms with van der Waals surface area (Å²) in [5, 5.41) is 11.9. The van der Waals surface area contributed by atoms with Crippen LogP contribution in [0.5, 0.6) is 11.5 Å². The van der Waals surface area contributed by atoms with Gasteiger partial charge in [0.25, 0.3) is 0 Å². The Hall–Kier alpha value is -3.20. The summed E-state index contributed by atoms with van der Waals surface area (Å²) in [6.07, 6.45) is 1.76. The summed E-state index contributed by atoms with van der Waals surface area (Å²) < 4.78 is 12.7. The fourth-order valence-corrected chi connectivity index (χ4v) is 4.66. The van der Waals surface area contributed by atoms with E-state index in [2.05, 4.69) is 27.9 Å². The van der Waals surface area contributed by atoms with Gasteiger partial charge in [-0.05, 0) is 55.3 Å². The number of anilines is 1. The lowest BCUT2D eigenvalue weighted by molar-refractivity contribution is -0.116. The molecule has 0 saturated carbocycles. The van der Waals surface area contributed by atoms with Gasteiger partial charge in [-0.15, -0.1) is 10.2 Å². The van der Waals surface area contributed by atoms with Crippen LogP contribution in [0.3, 0.4) is 0 Å². The van der Waals surface area contributed by atoms with Crippen molar-refractivity contribution in [1.82, 2.24) is 14.9 Å². The minimum atomic E-state index is -0.443. The van der Waals surface area contributed by atoms with Crippen molar-refractivity contribution in [3.8, 4) is 11.5 Å². The molecule has 0 spiro atoms. The van der Waals surface area contributed by atoms with Crippen LogP contribution in [0.4, 0.5) is 5.69 Å². The molecular weight excluding hydrogens is 426 g/mol. The summed E-state index contributed by atoms with van der Waals surface area (Å²) in [6.45, 7) is 4.64. The molecule has 4 rings (SSSR count). The summed E-state index contributed by atoms with van der Waals surface area (Å²) in [5.74, 6) is 2.29. The molecule has 0 radical (unpaired) electrons. The van der Waals surface area contributed by atoms with E-state index in [4.69, 9.17) is 9.47 Å². The van der Waals surface area contributed by atoms with Crippen molar-refractivity contribution in [2.45, 2.75) is 43.1 Å². The number of nitrogens with zero attached hydrogens (tertiary/aromatic N) is 3. The van der Waals surface area contributed by atoms with E-state index in [1.54, 1.807) is 7.11 Å². The lowest BCUT2D eigenvalue weighted by Gasteiger charge is -2.33. The SMILES string of the molecule is CCCc1nnc2n1N[C@H](c1ccc(OC)cc1)[C@@H](C(=O)Nc1ccc(OCC)cc1)S2. The van der Waals surface area contributed by atoms with Gasteiger partial charge in [0, 0.05) is 12.1 Å². The van der Waals surface area contributed by atoms with Gasteiger partial charge >= 0.3 is 0 Å². The number of fused-ring (bicyclic) bond motifs is 1. The zero-order chi connectivity index (χ0) is 22.5. The minimum absolute atomic E-state index is 0.112. The second kappa shape index (κ2) is 9.95. The molecule has 0 aliphatic carbocycles. The zero-order valence-corrected chi connectivity index (χ0v) is 19.2. The highest BCUT2D eigenvalue weighted by molar-refractivity contribution is 8.00. The smallest absolute Gasteiger partial charge is 0.240 e. The molecule has 2 aromatic carbocycles. The van der Waals surface area contributed by atoms with Gasteiger partial charge in [-0.3, -0.25) is 4.79 Å². The van der Waals surface area contributed by atoms with Crippen LogP contribution in [-0.2, 0) is 11.2 Å². The van der Waals surface area contributed by atoms with Crippen LogP contribution in [0.1, 0.15) is 37.7 Å². The number of methoxy groups -OCH3 is 1. The van der Waals surface area contributed by atoms with Gasteiger partial charge in [0.2, 0.25) is 11.1 Å². The van der Waals surface area contributed by atoms with Gasteiger partial charge in [0.1, 0.15) is 16.7 Å². The van der Waals surface area contributed by atoms with E-state index in [0.29, 0.717) is 17.5 Å². The monoisotopic (exact) mass is 453 g/mol. The Kier molecular flexibility index (Phi) is 6.84. The third kappa shape index (κ3) is 4.67. The second-order valence-electron chi connectivity index (χ2n) is 7.35. The fourth-order valence-electron chi connectivity index (χ4n) is 3.56. The molecule has 2 heterocycles. The molecule has 0 saturated heterocycles. The Morgan fingerprint density at radius 2 is 1.81 bits per heavy atom. The molecule has 2 N–H and O–H groups in total. The van der Waals surface area contributed by atoms with Crippen molar-refractivity contribution in [3.63, 3.8) is 0 Å². The van der Waals surface area contributed by atoms with Crippen LogP contribution in [0.2, 0.25) is 0 Å². The number of nitrogens with one attached hydrogen (secondary N) is 2. The Labute approximate surface area is 191 Å². The number of carbonyl (C=O) groups excluding carboxylic acids is 1. The number of hydrogen-bond donors (Lipinski definition) is 2. The predicted molar refractivity (Wildman–Crippen MR) is 125 cm³/mol. The van der Waals surface area contributed by atoms with Crippen LogP contribution in [0.15, 0.2) is 53.7 Å². The molecule has 9 heteroatoms. The van der Waals surface area contributed by atoms with Crippen molar-refractivity contribution < 1.29 is 14.3 Å². The van der Waals surface area contributed by atoms with E-state index in [1.807, 2.05) is 60.1 Å². The van der Waals surface area contributed by atoms with Gasteiger partial charge in [-0.2, -0.15) is 0 Å². The van der Waals surface area contributed by atoms with Crippen LogP contribution in [0, 0.1) is 0 Å². The molecule has 0 fully saturated rings. The Balaban J connectivity index is 1.60. The quantitative estimate of drug-likeness (QED) is 0.532. The highest BCUT2D eigenvalue weighted by atomic mass is 32.2. The summed E-state index contributed by atoms with van der Waals surface area (Å²) in [4.78, 5) is 13.3. The molecule has 0 unspecified atom stereocenters. The van der Waals surface area contributed by atoms with E-state index < -0.39 is 5.25 Å². The second-order valence-corrected chi connectivity index (χ2v) is 8.46. The molecule has 8 nitrogen and oxygen atoms in total. The molecule has 0 bridgehead atoms. The molecule has 32 heavy (non-hydrogen) atoms. The lowest BCUT2D eigenvalue weighted by Crippen LogP contribution is -2.41. The molecule has 2 atom stereocenters. The number of rotatable bonds is 8. The van der Waals surface area contributed by atoms with E-state index in [1.165, 1.54) is 11.8 Å². The predicted octanol–water partition coefficient (Wildman–Crippen LogP) is 4.04. The van der Waals surface area contributed by atoms with Crippen molar-refractivity contribution in [2.75, 3.05) is 24.5 Å². The van der Waals surface area contributed by atoms with Gasteiger partial charge in [-0.25, -0.2) is 4.68 Å². The van der Waals surface area contributed by atoms with Gasteiger partial charge < -0.3 is 20.2 Å². The number of carbonyl (C=O) groups is 1. The number of aryl methyl sites for hydroxylation is 1. The standard InChI is InChI=1S/C23H27N5O3S/c1-4-6-19-25-26-23-28(19)27-20(15-7-11-17(30-3)12-8-15)21(32-23)22(29)24-16-9-13-18(14-10-16)31-5-2/h7-14,20-21,27H,4-6H2,1-3H3,(H,24,29)/t20-,21+/m1/s1. The summed E-state index contributed by atoms with van der Waals surface area (Å²) in [5.41, 5.74) is 5.17. The molecule has 1 aliphatic rings. The molecule has 1 amide bonds. The summed E-state index contributed by atoms with van der Waals surface area (Å²) in [7, 11) is 1.64. The van der Waals surface area contributed by atoms with E-state index in [0.717, 1.165) is 35.7 Å². The highest BCUT2D eigenvalue weighted by Gasteiger charge is 2.37. The first-order valence-corrected chi connectivity index (χ1v) is 11.6. The first kappa shape index (κ1) is 22.0. The first-order chi connectivity index (χ1) is 15.6. The van der Waals surface area contributed by atoms with E-state index in [9.17, 15) is 4.79 Å². The van der Waals surface area contributed by atoms with Crippen molar-refractivity contribution in [3.05, 3.63) is 59.9 Å². The maximum absolute atomic E-state index is 13.3. The number of thioether (sulfide) groups is 1. The van der Waals surface area contributed by atoms with Gasteiger partial charge in [0.05, 0.1) is 19.8 Å². The molecule has 1 aliphatic heterocycles. The number of hydrogen-bond acceptors (Lipinski definition) is 7. The number of amides is 1. The largest absolute Gasteiger partial charge is 0.497 e. The van der Waals surface area contributed by atoms with Crippen LogP contribution < -0.4 is 20.2 Å². The number of ether oxygens (including phenoxy) is 2. The van der Waals surface area contributed by atoms with Crippen LogP contribution in [-0.4, -0.2) is 39.7 Å². The highest BCUT2D eigenvalue weighted by Crippen LogP contribution is 2.38. The Morgan fingerprint density at radius 1 is 1.09 bits per heavy atom. The fraction of sp³-hybridized carbons (Fsp3) is 0.348. The number of benzene rings is 2. The molecule has 1 aromatic heterocycles. The average molecular weight is 454 g/mol. The maximum atomic E-state index is 13.3. The third-order valence-corrected chi connectivity index (χ3v) is 6.36. The topological polar surface area (TPSA) is 90.3 Å². The lowest BCUT2D eigenvalue weighted by atomic mass is 10.0. The Bertz CT molecular complexity index is 1050. The molecule has 168 valence electrons. The van der Waals surface area contributed by atoms with Gasteiger partial charge in [0.15, 0.2) is 5.82 Å². The maximum Gasteiger partial charge on any atom is 0.240 e. The van der Waals surface area contributed by atoms with Crippen molar-refractivity contribution in [1.29, 1.82) is 0 Å². The van der Waals surface area contributed by atoms with E-state index in [-0.39, 0.29) is 11.9 Å². The summed E-state index contributed by atoms with van der Waals surface area (Å²) in [6, 6.07) is 14.9. The van der Waals surface area contributed by atoms with Gasteiger partial charge in [-0.1, -0.05) is 30.8 Å². The Morgan fingerprint density at radius 3 is 2.47 bits per heavy atom. The number of aromatic nitrogens is 3. The van der Waals surface area contributed by atoms with Crippen molar-refractivity contribution in [2.24, 2.45) is 0 Å². The van der Waals surface area contributed by atoms with Crippen LogP contribution in [0.25, 0.3) is 0 Å². The summed E-state index contributed by atoms with van der Waals surface area (Å²) >= 11 is 1.41. The minimum Gasteiger partial charge on any atom is -0.497 e. The third-order valence-electron chi connectivity index (χ3n) is 5.14. The average Bonchev–Trinajstić information content (AvgIpc) is 3.22. The molecular formula is C23H27N5O3S. The molecule has 3 aromatic rings. The van der Waals surface area contributed by atoms with Crippen LogP contribution >= 0.6 is 11.8 Å². The van der Waals surface area contributed by atoms with Crippen molar-refractivity contribution >= 4 is 23.4 Å². The zero-order valence-electron chi connectivity index (χ0n) is 18.4. The van der Waals surface area contributed by atoms with E-state index >= 15 is 0 Å².